The van der Waals surface area contributed by atoms with E-state index >= 15 is 0 Å². The van der Waals surface area contributed by atoms with Crippen LogP contribution in [0, 0.1) is 6.92 Å². The van der Waals surface area contributed by atoms with Crippen LogP contribution >= 0.6 is 11.3 Å². The van der Waals surface area contributed by atoms with Crippen LogP contribution in [0.25, 0.3) is 16.2 Å². The molecule has 2 heterocycles. The second-order valence-electron chi connectivity index (χ2n) is 5.31. The van der Waals surface area contributed by atoms with Gasteiger partial charge in [0, 0.05) is 16.1 Å². The normalized spacial score (nSPS) is 14.8. The van der Waals surface area contributed by atoms with Crippen molar-refractivity contribution in [2.45, 2.75) is 32.6 Å². The number of nitrogens with zero attached hydrogens (tertiary/aromatic N) is 2. The van der Waals surface area contributed by atoms with Gasteiger partial charge in [0.25, 0.3) is 0 Å². The minimum absolute atomic E-state index is 1.16. The second-order valence-corrected chi connectivity index (χ2v) is 6.37. The van der Waals surface area contributed by atoms with E-state index in [1.807, 2.05) is 17.5 Å². The number of imidazole rings is 1. The first kappa shape index (κ1) is 11.2. The average Bonchev–Trinajstić information content (AvgIpc) is 2.98. The molecule has 2 nitrogen and oxygen atoms in total. The maximum Gasteiger partial charge on any atom is 0.194 e. The number of hydrogen-bond acceptors (Lipinski definition) is 2. The number of aromatic nitrogens is 2. The highest BCUT2D eigenvalue weighted by Gasteiger charge is 2.19. The Labute approximate surface area is 116 Å². The third-order valence-corrected chi connectivity index (χ3v) is 5.11. The van der Waals surface area contributed by atoms with Crippen molar-refractivity contribution < 1.29 is 0 Å². The molecule has 2 aromatic heterocycles. The van der Waals surface area contributed by atoms with Gasteiger partial charge in [0.15, 0.2) is 4.96 Å². The molecule has 0 spiro atoms. The molecule has 3 aromatic rings. The van der Waals surface area contributed by atoms with E-state index in [1.54, 1.807) is 4.88 Å². The summed E-state index contributed by atoms with van der Waals surface area (Å²) in [6.45, 7) is 2.13. The quantitative estimate of drug-likeness (QED) is 0.645. The van der Waals surface area contributed by atoms with Gasteiger partial charge in [0.2, 0.25) is 0 Å². The van der Waals surface area contributed by atoms with E-state index in [9.17, 15) is 0 Å². The summed E-state index contributed by atoms with van der Waals surface area (Å²) in [5.41, 5.74) is 5.31. The monoisotopic (exact) mass is 268 g/mol. The maximum absolute atomic E-state index is 4.60. The van der Waals surface area contributed by atoms with Crippen molar-refractivity contribution in [2.75, 3.05) is 0 Å². The Balaban J connectivity index is 1.94. The van der Waals surface area contributed by atoms with Gasteiger partial charge < -0.3 is 0 Å². The van der Waals surface area contributed by atoms with E-state index in [4.69, 9.17) is 0 Å². The van der Waals surface area contributed by atoms with Crippen LogP contribution in [0.3, 0.4) is 0 Å². The third-order valence-electron chi connectivity index (χ3n) is 3.95. The molecule has 96 valence electrons. The number of thiazole rings is 1. The molecule has 0 unspecified atom stereocenters. The second kappa shape index (κ2) is 4.20. The van der Waals surface area contributed by atoms with Gasteiger partial charge in [0.1, 0.15) is 0 Å². The van der Waals surface area contributed by atoms with Crippen LogP contribution in [0.4, 0.5) is 0 Å². The van der Waals surface area contributed by atoms with Crippen LogP contribution in [0.1, 0.15) is 29.0 Å². The molecule has 0 saturated heterocycles. The van der Waals surface area contributed by atoms with Crippen molar-refractivity contribution >= 4 is 16.3 Å². The fourth-order valence-electron chi connectivity index (χ4n) is 2.91. The molecule has 0 amide bonds. The van der Waals surface area contributed by atoms with Crippen molar-refractivity contribution in [3.05, 3.63) is 46.6 Å². The Bertz CT molecular complexity index is 734. The van der Waals surface area contributed by atoms with Crippen molar-refractivity contribution in [3.8, 4) is 11.3 Å². The standard InChI is InChI=1S/C16H16N2S/c1-11-6-8-12(9-7-11)14-10-17-16-18(14)13-4-2-3-5-15(13)19-16/h6-10H,2-5H2,1H3. The molecular formula is C16H16N2S. The van der Waals surface area contributed by atoms with Gasteiger partial charge in [-0.25, -0.2) is 4.98 Å². The van der Waals surface area contributed by atoms with E-state index in [0.29, 0.717) is 0 Å². The van der Waals surface area contributed by atoms with Gasteiger partial charge in [-0.15, -0.1) is 11.3 Å². The number of rotatable bonds is 1. The minimum Gasteiger partial charge on any atom is -0.287 e. The first-order valence-corrected chi connectivity index (χ1v) is 7.69. The summed E-state index contributed by atoms with van der Waals surface area (Å²) >= 11 is 1.87. The lowest BCUT2D eigenvalue weighted by Crippen LogP contribution is -2.03. The zero-order valence-electron chi connectivity index (χ0n) is 11.0. The Hall–Kier alpha value is -1.61. The van der Waals surface area contributed by atoms with Crippen LogP contribution in [0.2, 0.25) is 0 Å². The number of benzene rings is 1. The molecule has 1 aliphatic rings. The van der Waals surface area contributed by atoms with Crippen LogP contribution in [0.5, 0.6) is 0 Å². The molecular weight excluding hydrogens is 252 g/mol. The van der Waals surface area contributed by atoms with Gasteiger partial charge in [-0.2, -0.15) is 0 Å². The Morgan fingerprint density at radius 2 is 1.89 bits per heavy atom. The van der Waals surface area contributed by atoms with E-state index in [-0.39, 0.29) is 0 Å². The van der Waals surface area contributed by atoms with Gasteiger partial charge in [-0.3, -0.25) is 4.40 Å². The van der Waals surface area contributed by atoms with Crippen molar-refractivity contribution in [1.29, 1.82) is 0 Å². The number of fused-ring (bicyclic) bond motifs is 3. The molecule has 0 saturated carbocycles. The first-order valence-electron chi connectivity index (χ1n) is 6.88. The highest BCUT2D eigenvalue weighted by molar-refractivity contribution is 7.17. The van der Waals surface area contributed by atoms with Gasteiger partial charge in [-0.05, 0) is 32.6 Å². The highest BCUT2D eigenvalue weighted by atomic mass is 32.1. The van der Waals surface area contributed by atoms with Crippen LogP contribution in [0.15, 0.2) is 30.5 Å². The largest absolute Gasteiger partial charge is 0.287 e. The SMILES string of the molecule is Cc1ccc(-c2cnc3sc4c(n23)CCCC4)cc1. The molecule has 3 heteroatoms. The van der Waals surface area contributed by atoms with Crippen LogP contribution in [-0.2, 0) is 12.8 Å². The molecule has 1 aromatic carbocycles. The summed E-state index contributed by atoms with van der Waals surface area (Å²) in [5.74, 6) is 0. The van der Waals surface area contributed by atoms with E-state index < -0.39 is 0 Å². The van der Waals surface area contributed by atoms with Gasteiger partial charge in [-0.1, -0.05) is 29.8 Å². The molecule has 0 atom stereocenters. The maximum atomic E-state index is 4.60. The fraction of sp³-hybridized carbons (Fsp3) is 0.312. The molecule has 0 aliphatic heterocycles. The first-order chi connectivity index (χ1) is 9.33. The lowest BCUT2D eigenvalue weighted by Gasteiger charge is -2.11. The van der Waals surface area contributed by atoms with E-state index in [1.165, 1.54) is 48.2 Å². The zero-order chi connectivity index (χ0) is 12.8. The molecule has 0 fully saturated rings. The van der Waals surface area contributed by atoms with E-state index in [2.05, 4.69) is 40.6 Å². The van der Waals surface area contributed by atoms with Gasteiger partial charge in [0.05, 0.1) is 11.9 Å². The topological polar surface area (TPSA) is 17.3 Å². The summed E-state index contributed by atoms with van der Waals surface area (Å²) in [5, 5.41) is 0. The Morgan fingerprint density at radius 3 is 2.74 bits per heavy atom. The summed E-state index contributed by atoms with van der Waals surface area (Å²) in [7, 11) is 0. The van der Waals surface area contributed by atoms with Crippen LogP contribution < -0.4 is 0 Å². The van der Waals surface area contributed by atoms with Gasteiger partial charge >= 0.3 is 0 Å². The Kier molecular flexibility index (Phi) is 2.49. The molecule has 4 rings (SSSR count). The number of hydrogen-bond donors (Lipinski definition) is 0. The van der Waals surface area contributed by atoms with E-state index in [0.717, 1.165) is 4.96 Å². The molecule has 1 aliphatic carbocycles. The van der Waals surface area contributed by atoms with Crippen molar-refractivity contribution in [1.82, 2.24) is 9.38 Å². The summed E-state index contributed by atoms with van der Waals surface area (Å²) in [6, 6.07) is 8.75. The summed E-state index contributed by atoms with van der Waals surface area (Å²) in [6.07, 6.45) is 7.09. The molecule has 0 N–H and O–H groups in total. The van der Waals surface area contributed by atoms with Crippen molar-refractivity contribution in [3.63, 3.8) is 0 Å². The van der Waals surface area contributed by atoms with Crippen molar-refractivity contribution in [2.24, 2.45) is 0 Å². The highest BCUT2D eigenvalue weighted by Crippen LogP contribution is 2.33. The molecule has 19 heavy (non-hydrogen) atoms. The minimum atomic E-state index is 1.16. The average molecular weight is 268 g/mol. The summed E-state index contributed by atoms with van der Waals surface area (Å²) in [4.78, 5) is 7.30. The predicted molar refractivity (Wildman–Crippen MR) is 79.9 cm³/mol. The third kappa shape index (κ3) is 1.72. The zero-order valence-corrected chi connectivity index (χ0v) is 11.8. The molecule has 0 bridgehead atoms. The smallest absolute Gasteiger partial charge is 0.194 e. The lowest BCUT2D eigenvalue weighted by atomic mass is 10.0. The molecule has 0 radical (unpaired) electrons. The fourth-order valence-corrected chi connectivity index (χ4v) is 4.10. The predicted octanol–water partition coefficient (Wildman–Crippen LogP) is 4.25. The number of aryl methyl sites for hydroxylation is 3. The lowest BCUT2D eigenvalue weighted by molar-refractivity contribution is 0.675. The van der Waals surface area contributed by atoms with Crippen LogP contribution in [-0.4, -0.2) is 9.38 Å². The Morgan fingerprint density at radius 1 is 1.11 bits per heavy atom. The summed E-state index contributed by atoms with van der Waals surface area (Å²) < 4.78 is 2.38.